The van der Waals surface area contributed by atoms with E-state index in [1.54, 1.807) is 30.3 Å². The predicted molar refractivity (Wildman–Crippen MR) is 59.1 cm³/mol. The van der Waals surface area contributed by atoms with E-state index in [2.05, 4.69) is 10.3 Å². The molecule has 0 aliphatic carbocycles. The van der Waals surface area contributed by atoms with E-state index in [1.165, 1.54) is 0 Å². The minimum atomic E-state index is -4.67. The summed E-state index contributed by atoms with van der Waals surface area (Å²) >= 11 is 0. The van der Waals surface area contributed by atoms with Gasteiger partial charge in [0.2, 0.25) is 0 Å². The van der Waals surface area contributed by atoms with Crippen LogP contribution in [0.25, 0.3) is 11.3 Å². The third-order valence-corrected chi connectivity index (χ3v) is 2.43. The Labute approximate surface area is 100 Å². The van der Waals surface area contributed by atoms with Gasteiger partial charge in [-0.05, 0) is 5.18 Å². The van der Waals surface area contributed by atoms with Crippen LogP contribution in [-0.4, -0.2) is 9.78 Å². The van der Waals surface area contributed by atoms with Crippen LogP contribution in [0.4, 0.5) is 18.9 Å². The van der Waals surface area contributed by atoms with Crippen molar-refractivity contribution >= 4 is 5.69 Å². The van der Waals surface area contributed by atoms with Crippen LogP contribution >= 0.6 is 0 Å². The molecule has 0 aliphatic heterocycles. The molecule has 7 heteroatoms. The van der Waals surface area contributed by atoms with Gasteiger partial charge in [0, 0.05) is 12.6 Å². The largest absolute Gasteiger partial charge is 0.435 e. The van der Waals surface area contributed by atoms with E-state index in [0.717, 1.165) is 7.05 Å². The highest BCUT2D eigenvalue weighted by Crippen LogP contribution is 2.41. The highest BCUT2D eigenvalue weighted by molar-refractivity contribution is 5.74. The van der Waals surface area contributed by atoms with E-state index >= 15 is 0 Å². The first kappa shape index (κ1) is 12.3. The van der Waals surface area contributed by atoms with Crippen molar-refractivity contribution in [3.8, 4) is 11.3 Å². The molecule has 0 N–H and O–H groups in total. The zero-order chi connectivity index (χ0) is 13.3. The summed E-state index contributed by atoms with van der Waals surface area (Å²) in [5.41, 5.74) is -1.48. The van der Waals surface area contributed by atoms with Crippen molar-refractivity contribution in [3.05, 3.63) is 40.9 Å². The lowest BCUT2D eigenvalue weighted by atomic mass is 10.1. The van der Waals surface area contributed by atoms with E-state index in [0.29, 0.717) is 10.2 Å². The lowest BCUT2D eigenvalue weighted by Gasteiger charge is -2.05. The molecule has 94 valence electrons. The standard InChI is InChI=1S/C11H8F3N3O/c1-17-10(11(12,13)14)9(16-18)8(15-17)7-5-3-2-4-6-7/h2-6H,1H3. The lowest BCUT2D eigenvalue weighted by Crippen LogP contribution is -2.11. The smallest absolute Gasteiger partial charge is 0.261 e. The SMILES string of the molecule is Cn1nc(-c2ccccc2)c(N=O)c1C(F)(F)F. The van der Waals surface area contributed by atoms with Crippen molar-refractivity contribution in [1.29, 1.82) is 0 Å². The average Bonchev–Trinajstić information content (AvgIpc) is 2.67. The molecule has 1 heterocycles. The van der Waals surface area contributed by atoms with Crippen molar-refractivity contribution in [2.75, 3.05) is 0 Å². The molecule has 0 atom stereocenters. The highest BCUT2D eigenvalue weighted by atomic mass is 19.4. The fourth-order valence-electron chi connectivity index (χ4n) is 1.71. The Hall–Kier alpha value is -2.18. The molecule has 4 nitrogen and oxygen atoms in total. The van der Waals surface area contributed by atoms with Crippen molar-refractivity contribution < 1.29 is 13.2 Å². The van der Waals surface area contributed by atoms with Gasteiger partial charge in [-0.1, -0.05) is 30.3 Å². The number of aromatic nitrogens is 2. The second kappa shape index (κ2) is 4.25. The maximum atomic E-state index is 12.8. The van der Waals surface area contributed by atoms with Gasteiger partial charge in [-0.15, -0.1) is 4.91 Å². The Balaban J connectivity index is 2.68. The van der Waals surface area contributed by atoms with Crippen molar-refractivity contribution in [2.24, 2.45) is 12.2 Å². The quantitative estimate of drug-likeness (QED) is 0.771. The minimum absolute atomic E-state index is 0.0691. The van der Waals surface area contributed by atoms with E-state index in [9.17, 15) is 18.1 Å². The van der Waals surface area contributed by atoms with Crippen molar-refractivity contribution in [2.45, 2.75) is 6.18 Å². The van der Waals surface area contributed by atoms with Crippen molar-refractivity contribution in [3.63, 3.8) is 0 Å². The molecule has 0 saturated heterocycles. The summed E-state index contributed by atoms with van der Waals surface area (Å²) in [6.07, 6.45) is -4.67. The molecule has 2 aromatic rings. The molecule has 0 bridgehead atoms. The van der Waals surface area contributed by atoms with E-state index < -0.39 is 17.6 Å². The number of alkyl halides is 3. The van der Waals surface area contributed by atoms with Gasteiger partial charge in [0.1, 0.15) is 5.69 Å². The number of aryl methyl sites for hydroxylation is 1. The zero-order valence-corrected chi connectivity index (χ0v) is 9.27. The summed E-state index contributed by atoms with van der Waals surface area (Å²) in [6.45, 7) is 0. The van der Waals surface area contributed by atoms with Crippen LogP contribution < -0.4 is 0 Å². The van der Waals surface area contributed by atoms with Crippen LogP contribution in [0.15, 0.2) is 35.5 Å². The van der Waals surface area contributed by atoms with Gasteiger partial charge in [-0.3, -0.25) is 4.68 Å². The molecule has 0 saturated carbocycles. The first-order chi connectivity index (χ1) is 8.45. The van der Waals surface area contributed by atoms with Crippen LogP contribution in [0.3, 0.4) is 0 Å². The van der Waals surface area contributed by atoms with Gasteiger partial charge in [0.05, 0.1) is 0 Å². The summed E-state index contributed by atoms with van der Waals surface area (Å²) in [4.78, 5) is 10.7. The lowest BCUT2D eigenvalue weighted by molar-refractivity contribution is -0.143. The Morgan fingerprint density at radius 3 is 2.33 bits per heavy atom. The maximum Gasteiger partial charge on any atom is 0.435 e. The highest BCUT2D eigenvalue weighted by Gasteiger charge is 2.40. The molecule has 0 aliphatic rings. The number of rotatable bonds is 2. The number of nitroso groups, excluding NO2 is 1. The maximum absolute atomic E-state index is 12.8. The number of nitrogens with zero attached hydrogens (tertiary/aromatic N) is 3. The van der Waals surface area contributed by atoms with Gasteiger partial charge >= 0.3 is 6.18 Å². The number of hydrogen-bond acceptors (Lipinski definition) is 3. The third kappa shape index (κ3) is 1.99. The molecule has 18 heavy (non-hydrogen) atoms. The normalized spacial score (nSPS) is 11.6. The molecular formula is C11H8F3N3O. The number of benzene rings is 1. The number of hydrogen-bond donors (Lipinski definition) is 0. The van der Waals surface area contributed by atoms with Crippen LogP contribution in [0, 0.1) is 4.91 Å². The second-order valence-corrected chi connectivity index (χ2v) is 3.62. The van der Waals surface area contributed by atoms with Gasteiger partial charge in [0.25, 0.3) is 0 Å². The molecule has 0 radical (unpaired) electrons. The molecule has 0 amide bonds. The summed E-state index contributed by atoms with van der Waals surface area (Å²) < 4.78 is 38.9. The first-order valence-corrected chi connectivity index (χ1v) is 4.98. The predicted octanol–water partition coefficient (Wildman–Crippen LogP) is 3.50. The van der Waals surface area contributed by atoms with Gasteiger partial charge in [0.15, 0.2) is 11.4 Å². The summed E-state index contributed by atoms with van der Waals surface area (Å²) in [5.74, 6) is 0. The molecule has 0 spiro atoms. The Morgan fingerprint density at radius 2 is 1.83 bits per heavy atom. The van der Waals surface area contributed by atoms with Crippen molar-refractivity contribution in [1.82, 2.24) is 9.78 Å². The Morgan fingerprint density at radius 1 is 1.22 bits per heavy atom. The molecule has 0 fully saturated rings. The summed E-state index contributed by atoms with van der Waals surface area (Å²) in [6, 6.07) is 8.14. The van der Waals surface area contributed by atoms with Crippen LogP contribution in [0.1, 0.15) is 5.69 Å². The fraction of sp³-hybridized carbons (Fsp3) is 0.182. The van der Waals surface area contributed by atoms with Gasteiger partial charge < -0.3 is 0 Å². The van der Waals surface area contributed by atoms with Gasteiger partial charge in [-0.25, -0.2) is 0 Å². The monoisotopic (exact) mass is 255 g/mol. The Kier molecular flexibility index (Phi) is 2.90. The second-order valence-electron chi connectivity index (χ2n) is 3.62. The van der Waals surface area contributed by atoms with Crippen LogP contribution in [0.2, 0.25) is 0 Å². The summed E-state index contributed by atoms with van der Waals surface area (Å²) in [7, 11) is 1.13. The van der Waals surface area contributed by atoms with Crippen LogP contribution in [0.5, 0.6) is 0 Å². The average molecular weight is 255 g/mol. The van der Waals surface area contributed by atoms with Gasteiger partial charge in [-0.2, -0.15) is 18.3 Å². The molecule has 1 aromatic carbocycles. The zero-order valence-electron chi connectivity index (χ0n) is 9.27. The molecular weight excluding hydrogens is 247 g/mol. The first-order valence-electron chi connectivity index (χ1n) is 4.98. The van der Waals surface area contributed by atoms with Crippen LogP contribution in [-0.2, 0) is 13.2 Å². The summed E-state index contributed by atoms with van der Waals surface area (Å²) in [5, 5.41) is 6.20. The minimum Gasteiger partial charge on any atom is -0.261 e. The fourth-order valence-corrected chi connectivity index (χ4v) is 1.71. The third-order valence-electron chi connectivity index (χ3n) is 2.43. The van der Waals surface area contributed by atoms with E-state index in [1.807, 2.05) is 0 Å². The molecule has 2 rings (SSSR count). The Bertz CT molecular complexity index is 575. The number of halogens is 3. The topological polar surface area (TPSA) is 47.2 Å². The van der Waals surface area contributed by atoms with E-state index in [4.69, 9.17) is 0 Å². The van der Waals surface area contributed by atoms with E-state index in [-0.39, 0.29) is 5.69 Å². The molecule has 0 unspecified atom stereocenters. The molecule has 1 aromatic heterocycles.